The van der Waals surface area contributed by atoms with E-state index in [9.17, 15) is 5.11 Å². The number of nitrogens with zero attached hydrogens (tertiary/aromatic N) is 4. The molecule has 0 bridgehead atoms. The van der Waals surface area contributed by atoms with Crippen LogP contribution in [0.5, 0.6) is 5.88 Å². The van der Waals surface area contributed by atoms with Crippen LogP contribution in [0.15, 0.2) is 34.5 Å². The molecule has 1 aromatic carbocycles. The second-order valence-electron chi connectivity index (χ2n) is 6.17. The van der Waals surface area contributed by atoms with Crippen LogP contribution >= 0.6 is 12.2 Å². The highest BCUT2D eigenvalue weighted by atomic mass is 32.1. The van der Waals surface area contributed by atoms with Crippen LogP contribution in [0, 0.1) is 0 Å². The first-order chi connectivity index (χ1) is 12.7. The second-order valence-corrected chi connectivity index (χ2v) is 6.56. The third-order valence-corrected chi connectivity index (χ3v) is 4.73. The number of hydrogen-bond donors (Lipinski definition) is 2. The topological polar surface area (TPSA) is 74.4 Å². The zero-order valence-electron chi connectivity index (χ0n) is 15.0. The number of morpholine rings is 1. The molecule has 0 radical (unpaired) electrons. The van der Waals surface area contributed by atoms with Crippen molar-refractivity contribution < 1.29 is 9.84 Å². The van der Waals surface area contributed by atoms with Crippen LogP contribution in [0.3, 0.4) is 0 Å². The summed E-state index contributed by atoms with van der Waals surface area (Å²) >= 11 is 5.23. The van der Waals surface area contributed by atoms with E-state index in [1.165, 1.54) is 0 Å². The molecule has 0 saturated carbocycles. The molecule has 26 heavy (non-hydrogen) atoms. The summed E-state index contributed by atoms with van der Waals surface area (Å²) in [5.41, 5.74) is 1.39. The van der Waals surface area contributed by atoms with E-state index in [1.807, 2.05) is 35.8 Å². The Hall–Kier alpha value is -2.03. The quantitative estimate of drug-likeness (QED) is 0.461. The number of para-hydroxylation sites is 1. The van der Waals surface area contributed by atoms with Gasteiger partial charge in [-0.2, -0.15) is 0 Å². The van der Waals surface area contributed by atoms with E-state index in [0.29, 0.717) is 17.3 Å². The van der Waals surface area contributed by atoms with Crippen molar-refractivity contribution in [1.29, 1.82) is 0 Å². The summed E-state index contributed by atoms with van der Waals surface area (Å²) in [7, 11) is 0. The zero-order chi connectivity index (χ0) is 18.4. The summed E-state index contributed by atoms with van der Waals surface area (Å²) in [5.74, 6) is 0.118. The Balaban J connectivity index is 1.55. The molecule has 7 nitrogen and oxygen atoms in total. The third-order valence-electron chi connectivity index (χ3n) is 4.51. The van der Waals surface area contributed by atoms with Crippen LogP contribution in [0.1, 0.15) is 13.3 Å². The molecule has 2 aromatic rings. The molecular weight excluding hydrogens is 350 g/mol. The maximum atomic E-state index is 10.4. The van der Waals surface area contributed by atoms with Crippen molar-refractivity contribution in [1.82, 2.24) is 14.8 Å². The number of aromatic nitrogens is 1. The number of benzene rings is 1. The molecule has 0 aliphatic carbocycles. The average Bonchev–Trinajstić information content (AvgIpc) is 2.95. The Morgan fingerprint density at radius 1 is 1.31 bits per heavy atom. The van der Waals surface area contributed by atoms with Crippen molar-refractivity contribution in [2.24, 2.45) is 10.2 Å². The number of ether oxygens (including phenoxy) is 1. The minimum absolute atomic E-state index is 0.118. The maximum Gasteiger partial charge on any atom is 0.220 e. The van der Waals surface area contributed by atoms with E-state index in [0.717, 1.165) is 56.7 Å². The lowest BCUT2D eigenvalue weighted by Gasteiger charge is -2.26. The largest absolute Gasteiger partial charge is 0.493 e. The monoisotopic (exact) mass is 375 g/mol. The highest BCUT2D eigenvalue weighted by Crippen LogP contribution is 2.38. The predicted octanol–water partition coefficient (Wildman–Crippen LogP) is 3.05. The van der Waals surface area contributed by atoms with Crippen molar-refractivity contribution in [3.05, 3.63) is 24.3 Å². The van der Waals surface area contributed by atoms with Crippen LogP contribution in [0.2, 0.25) is 0 Å². The number of aryl methyl sites for hydroxylation is 1. The van der Waals surface area contributed by atoms with Gasteiger partial charge >= 0.3 is 0 Å². The number of nitrogens with one attached hydrogen (secondary N) is 1. The normalized spacial score (nSPS) is 15.7. The number of fused-ring (bicyclic) bond motifs is 1. The number of azo groups is 1. The molecule has 0 spiro atoms. The second kappa shape index (κ2) is 9.07. The molecule has 3 rings (SSSR count). The molecule has 140 valence electrons. The summed E-state index contributed by atoms with van der Waals surface area (Å²) in [6.45, 7) is 8.01. The van der Waals surface area contributed by atoms with Gasteiger partial charge in [0, 0.05) is 31.6 Å². The fourth-order valence-corrected chi connectivity index (χ4v) is 3.29. The van der Waals surface area contributed by atoms with Crippen molar-refractivity contribution in [3.8, 4) is 5.88 Å². The van der Waals surface area contributed by atoms with E-state index < -0.39 is 0 Å². The van der Waals surface area contributed by atoms with E-state index in [1.54, 1.807) is 0 Å². The standard InChI is InChI=1S/C18H25N5O2S/c1-2-23-15-7-4-3-6-14(15)16(17(23)24)20-21-18(26)19-8-5-9-22-10-12-25-13-11-22/h3-4,6-7,24H,2,5,8-13H2,1H3,(H,19,26). The Morgan fingerprint density at radius 3 is 2.85 bits per heavy atom. The summed E-state index contributed by atoms with van der Waals surface area (Å²) in [4.78, 5) is 2.38. The molecule has 1 fully saturated rings. The minimum atomic E-state index is 0.118. The fourth-order valence-electron chi connectivity index (χ4n) is 3.14. The first-order valence-corrected chi connectivity index (χ1v) is 9.41. The van der Waals surface area contributed by atoms with Gasteiger partial charge in [-0.05, 0) is 38.2 Å². The Bertz CT molecular complexity index is 783. The van der Waals surface area contributed by atoms with E-state index in [-0.39, 0.29) is 5.88 Å². The van der Waals surface area contributed by atoms with Gasteiger partial charge in [0.2, 0.25) is 11.0 Å². The molecule has 1 saturated heterocycles. The summed E-state index contributed by atoms with van der Waals surface area (Å²) in [6, 6.07) is 7.74. The highest BCUT2D eigenvalue weighted by molar-refractivity contribution is 7.80. The molecule has 0 atom stereocenters. The van der Waals surface area contributed by atoms with Gasteiger partial charge in [0.25, 0.3) is 0 Å². The van der Waals surface area contributed by atoms with E-state index in [2.05, 4.69) is 20.4 Å². The maximum absolute atomic E-state index is 10.4. The summed E-state index contributed by atoms with van der Waals surface area (Å²) < 4.78 is 7.15. The first kappa shape index (κ1) is 18.8. The summed E-state index contributed by atoms with van der Waals surface area (Å²) in [5, 5.41) is 23.0. The van der Waals surface area contributed by atoms with Crippen LogP contribution in [0.25, 0.3) is 10.9 Å². The minimum Gasteiger partial charge on any atom is -0.493 e. The molecule has 1 aliphatic rings. The SMILES string of the molecule is CCn1c(O)c(N=NC(=S)NCCCN2CCOCC2)c2ccccc21. The molecule has 2 heterocycles. The van der Waals surface area contributed by atoms with Crippen LogP contribution in [0.4, 0.5) is 5.69 Å². The highest BCUT2D eigenvalue weighted by Gasteiger charge is 2.15. The number of rotatable bonds is 6. The molecule has 2 N–H and O–H groups in total. The molecule has 0 amide bonds. The predicted molar refractivity (Wildman–Crippen MR) is 106 cm³/mol. The fraction of sp³-hybridized carbons (Fsp3) is 0.500. The molecule has 8 heteroatoms. The van der Waals surface area contributed by atoms with E-state index >= 15 is 0 Å². The van der Waals surface area contributed by atoms with Gasteiger partial charge in [0.05, 0.1) is 18.7 Å². The van der Waals surface area contributed by atoms with Gasteiger partial charge in [0.15, 0.2) is 5.69 Å². The van der Waals surface area contributed by atoms with Gasteiger partial charge < -0.3 is 19.7 Å². The van der Waals surface area contributed by atoms with Crippen molar-refractivity contribution in [2.45, 2.75) is 19.9 Å². The van der Waals surface area contributed by atoms with Gasteiger partial charge in [0.1, 0.15) is 0 Å². The number of aromatic hydroxyl groups is 1. The van der Waals surface area contributed by atoms with Gasteiger partial charge in [-0.1, -0.05) is 18.2 Å². The van der Waals surface area contributed by atoms with Crippen LogP contribution < -0.4 is 5.32 Å². The van der Waals surface area contributed by atoms with Gasteiger partial charge in [-0.15, -0.1) is 10.2 Å². The molecule has 0 unspecified atom stereocenters. The van der Waals surface area contributed by atoms with Crippen LogP contribution in [-0.4, -0.2) is 59.1 Å². The van der Waals surface area contributed by atoms with E-state index in [4.69, 9.17) is 17.0 Å². The van der Waals surface area contributed by atoms with Gasteiger partial charge in [-0.25, -0.2) is 0 Å². The number of hydrogen-bond acceptors (Lipinski definition) is 5. The molecular formula is C18H25N5O2S. The Morgan fingerprint density at radius 2 is 2.08 bits per heavy atom. The summed E-state index contributed by atoms with van der Waals surface area (Å²) in [6.07, 6.45) is 0.982. The smallest absolute Gasteiger partial charge is 0.220 e. The third kappa shape index (κ3) is 4.38. The van der Waals surface area contributed by atoms with Crippen LogP contribution in [-0.2, 0) is 11.3 Å². The Kier molecular flexibility index (Phi) is 6.54. The average molecular weight is 375 g/mol. The van der Waals surface area contributed by atoms with Crippen molar-refractivity contribution in [2.75, 3.05) is 39.4 Å². The number of thiocarbonyl (C=S) groups is 1. The zero-order valence-corrected chi connectivity index (χ0v) is 15.8. The lowest BCUT2D eigenvalue weighted by atomic mass is 10.2. The lowest BCUT2D eigenvalue weighted by Crippen LogP contribution is -2.37. The van der Waals surface area contributed by atoms with Gasteiger partial charge in [-0.3, -0.25) is 4.90 Å². The van der Waals surface area contributed by atoms with Crippen molar-refractivity contribution >= 4 is 33.9 Å². The molecule has 1 aromatic heterocycles. The molecule has 1 aliphatic heterocycles. The Labute approximate surface area is 158 Å². The lowest BCUT2D eigenvalue weighted by molar-refractivity contribution is 0.0376. The van der Waals surface area contributed by atoms with Crippen molar-refractivity contribution in [3.63, 3.8) is 0 Å². The first-order valence-electron chi connectivity index (χ1n) is 9.00.